The van der Waals surface area contributed by atoms with Gasteiger partial charge < -0.3 is 19.3 Å². The van der Waals surface area contributed by atoms with Crippen LogP contribution in [0.15, 0.2) is 53.3 Å². The Morgan fingerprint density at radius 3 is 2.66 bits per heavy atom. The molecule has 0 atom stereocenters. The number of carbonyl (C=O) groups is 1. The summed E-state index contributed by atoms with van der Waals surface area (Å²) in [5, 5.41) is 7.96. The molecule has 4 aromatic heterocycles. The van der Waals surface area contributed by atoms with Gasteiger partial charge in [-0.15, -0.1) is 11.3 Å². The molecule has 38 heavy (non-hydrogen) atoms. The van der Waals surface area contributed by atoms with Crippen LogP contribution in [0.1, 0.15) is 28.5 Å². The Hall–Kier alpha value is -4.38. The second-order valence-corrected chi connectivity index (χ2v) is 9.29. The number of hydrogen-bond acceptors (Lipinski definition) is 10. The number of hydrogen-bond donors (Lipinski definition) is 1. The molecule has 0 radical (unpaired) electrons. The highest BCUT2D eigenvalue weighted by molar-refractivity contribution is 7.22. The highest BCUT2D eigenvalue weighted by Crippen LogP contribution is 2.43. The second kappa shape index (κ2) is 10.9. The van der Waals surface area contributed by atoms with Crippen molar-refractivity contribution in [1.82, 2.24) is 20.1 Å². The molecule has 0 saturated carbocycles. The zero-order chi connectivity index (χ0) is 26.6. The van der Waals surface area contributed by atoms with Crippen LogP contribution in [0.25, 0.3) is 32.0 Å². The molecule has 0 aliphatic heterocycles. The summed E-state index contributed by atoms with van der Waals surface area (Å²) in [5.41, 5.74) is 2.93. The van der Waals surface area contributed by atoms with E-state index in [0.717, 1.165) is 26.3 Å². The number of benzene rings is 1. The summed E-state index contributed by atoms with van der Waals surface area (Å²) in [6, 6.07) is 10.3. The number of nitrogens with one attached hydrogen (secondary N) is 1. The van der Waals surface area contributed by atoms with Gasteiger partial charge in [-0.3, -0.25) is 4.98 Å². The number of nitrogens with zero attached hydrogens (tertiary/aromatic N) is 4. The number of aryl methyl sites for hydroxylation is 2. The third-order valence-corrected chi connectivity index (χ3v) is 7.11. The molecule has 5 aromatic rings. The predicted molar refractivity (Wildman–Crippen MR) is 142 cm³/mol. The molecular weight excluding hydrogens is 509 g/mol. The molecule has 194 valence electrons. The number of pyridine rings is 2. The lowest BCUT2D eigenvalue weighted by atomic mass is 9.96. The molecule has 4 heterocycles. The van der Waals surface area contributed by atoms with Crippen LogP contribution >= 0.6 is 11.3 Å². The van der Waals surface area contributed by atoms with E-state index in [2.05, 4.69) is 25.4 Å². The Balaban J connectivity index is 1.73. The van der Waals surface area contributed by atoms with E-state index in [4.69, 9.17) is 14.0 Å². The highest BCUT2D eigenvalue weighted by atomic mass is 32.1. The van der Waals surface area contributed by atoms with Crippen molar-refractivity contribution < 1.29 is 23.2 Å². The monoisotopic (exact) mass is 533 g/mol. The average Bonchev–Trinajstić information content (AvgIpc) is 3.59. The maximum Gasteiger partial charge on any atom is 0.354 e. The standard InChI is InChI=1S/C27H24FN5O4S/c1-4-36-26(34)18-14-31-19(10-7-15-5-8-17(28)9-6-15)22(25-32-27(35-3)33-37-25)21(18)20-13-16-11-12-30-24(29-2)23(16)38-20/h5-6,8-9,11-14H,4,7,10H2,1-3H3,(H,29,30). The normalized spacial score (nSPS) is 11.1. The van der Waals surface area contributed by atoms with Gasteiger partial charge >= 0.3 is 12.0 Å². The molecule has 9 nitrogen and oxygen atoms in total. The van der Waals surface area contributed by atoms with Gasteiger partial charge in [0.05, 0.1) is 35.2 Å². The predicted octanol–water partition coefficient (Wildman–Crippen LogP) is 5.56. The van der Waals surface area contributed by atoms with Crippen LogP contribution in [0.4, 0.5) is 10.2 Å². The van der Waals surface area contributed by atoms with Crippen LogP contribution in [0.2, 0.25) is 0 Å². The number of thiophene rings is 1. The van der Waals surface area contributed by atoms with Crippen molar-refractivity contribution >= 4 is 33.2 Å². The molecule has 0 fully saturated rings. The summed E-state index contributed by atoms with van der Waals surface area (Å²) in [4.78, 5) is 27.4. The lowest BCUT2D eigenvalue weighted by molar-refractivity contribution is 0.0527. The summed E-state index contributed by atoms with van der Waals surface area (Å²) in [6.45, 7) is 1.95. The van der Waals surface area contributed by atoms with E-state index in [-0.39, 0.29) is 29.9 Å². The molecule has 0 aliphatic rings. The summed E-state index contributed by atoms with van der Waals surface area (Å²) in [6.07, 6.45) is 4.29. The molecule has 0 bridgehead atoms. The van der Waals surface area contributed by atoms with Crippen molar-refractivity contribution in [2.24, 2.45) is 0 Å². The van der Waals surface area contributed by atoms with Crippen LogP contribution in [0.3, 0.4) is 0 Å². The number of aromatic nitrogens is 4. The lowest BCUT2D eigenvalue weighted by Crippen LogP contribution is -2.10. The van der Waals surface area contributed by atoms with E-state index in [0.29, 0.717) is 29.7 Å². The first-order valence-electron chi connectivity index (χ1n) is 11.9. The Labute approximate surface area is 221 Å². The Bertz CT molecular complexity index is 1600. The molecule has 1 N–H and O–H groups in total. The smallest absolute Gasteiger partial charge is 0.354 e. The molecule has 0 saturated heterocycles. The minimum absolute atomic E-state index is 0.0509. The number of anilines is 1. The third-order valence-electron chi connectivity index (χ3n) is 5.94. The minimum Gasteiger partial charge on any atom is -0.465 e. The van der Waals surface area contributed by atoms with Gasteiger partial charge in [0.2, 0.25) is 0 Å². The molecule has 0 aliphatic carbocycles. The molecule has 1 aromatic carbocycles. The summed E-state index contributed by atoms with van der Waals surface area (Å²) in [7, 11) is 3.25. The van der Waals surface area contributed by atoms with E-state index in [1.54, 1.807) is 32.3 Å². The van der Waals surface area contributed by atoms with Crippen LogP contribution < -0.4 is 10.1 Å². The topological polar surface area (TPSA) is 112 Å². The molecule has 0 spiro atoms. The SMILES string of the molecule is CCOC(=O)c1cnc(CCc2ccc(F)cc2)c(-c2nc(OC)no2)c1-c1cc2ccnc(NC)c2s1. The van der Waals surface area contributed by atoms with Crippen molar-refractivity contribution in [3.8, 4) is 27.9 Å². The fourth-order valence-corrected chi connectivity index (χ4v) is 5.38. The zero-order valence-corrected chi connectivity index (χ0v) is 21.8. The van der Waals surface area contributed by atoms with E-state index in [1.165, 1.54) is 36.8 Å². The van der Waals surface area contributed by atoms with E-state index in [1.807, 2.05) is 12.1 Å². The first kappa shape index (κ1) is 25.3. The summed E-state index contributed by atoms with van der Waals surface area (Å²) >= 11 is 1.47. The maximum atomic E-state index is 13.4. The number of fused-ring (bicyclic) bond motifs is 1. The zero-order valence-electron chi connectivity index (χ0n) is 20.9. The van der Waals surface area contributed by atoms with Gasteiger partial charge in [0, 0.05) is 29.9 Å². The second-order valence-electron chi connectivity index (χ2n) is 8.24. The lowest BCUT2D eigenvalue weighted by Gasteiger charge is -2.14. The number of methoxy groups -OCH3 is 1. The fraction of sp³-hybridized carbons (Fsp3) is 0.222. The van der Waals surface area contributed by atoms with Crippen molar-refractivity contribution in [2.75, 3.05) is 26.1 Å². The number of carbonyl (C=O) groups excluding carboxylic acids is 1. The van der Waals surface area contributed by atoms with Gasteiger partial charge in [-0.25, -0.2) is 14.2 Å². The first-order chi connectivity index (χ1) is 18.5. The van der Waals surface area contributed by atoms with E-state index in [9.17, 15) is 9.18 Å². The molecule has 0 unspecified atom stereocenters. The van der Waals surface area contributed by atoms with Gasteiger partial charge in [-0.2, -0.15) is 4.98 Å². The fourth-order valence-electron chi connectivity index (χ4n) is 4.16. The number of halogens is 1. The van der Waals surface area contributed by atoms with Crippen LogP contribution in [0, 0.1) is 5.82 Å². The summed E-state index contributed by atoms with van der Waals surface area (Å²) in [5.74, 6) is 0.0704. The van der Waals surface area contributed by atoms with Gasteiger partial charge in [0.1, 0.15) is 11.6 Å². The largest absolute Gasteiger partial charge is 0.465 e. The average molecular weight is 534 g/mol. The highest BCUT2D eigenvalue weighted by Gasteiger charge is 2.28. The summed E-state index contributed by atoms with van der Waals surface area (Å²) < 4.78 is 30.5. The molecule has 11 heteroatoms. The minimum atomic E-state index is -0.516. The van der Waals surface area contributed by atoms with Crippen LogP contribution in [-0.4, -0.2) is 46.8 Å². The number of rotatable bonds is 9. The Morgan fingerprint density at radius 1 is 1.13 bits per heavy atom. The number of ether oxygens (including phenoxy) is 2. The quantitative estimate of drug-likeness (QED) is 0.243. The first-order valence-corrected chi connectivity index (χ1v) is 12.7. The van der Waals surface area contributed by atoms with Crippen molar-refractivity contribution in [3.63, 3.8) is 0 Å². The van der Waals surface area contributed by atoms with E-state index < -0.39 is 5.97 Å². The third kappa shape index (κ3) is 4.92. The molecule has 0 amide bonds. The Morgan fingerprint density at radius 2 is 1.95 bits per heavy atom. The Kier molecular flexibility index (Phi) is 7.27. The van der Waals surface area contributed by atoms with Crippen LogP contribution in [0.5, 0.6) is 6.01 Å². The maximum absolute atomic E-state index is 13.4. The van der Waals surface area contributed by atoms with Crippen molar-refractivity contribution in [1.29, 1.82) is 0 Å². The van der Waals surface area contributed by atoms with Crippen LogP contribution in [-0.2, 0) is 17.6 Å². The van der Waals surface area contributed by atoms with Gasteiger partial charge in [-0.05, 0) is 60.1 Å². The van der Waals surface area contributed by atoms with Gasteiger partial charge in [-0.1, -0.05) is 12.1 Å². The van der Waals surface area contributed by atoms with Gasteiger partial charge in [0.25, 0.3) is 5.89 Å². The van der Waals surface area contributed by atoms with Gasteiger partial charge in [0.15, 0.2) is 0 Å². The van der Waals surface area contributed by atoms with Crippen molar-refractivity contribution in [3.05, 3.63) is 71.4 Å². The van der Waals surface area contributed by atoms with E-state index >= 15 is 0 Å². The molecular formula is C27H24FN5O4S. The number of esters is 1. The molecule has 5 rings (SSSR count). The van der Waals surface area contributed by atoms with Crippen molar-refractivity contribution in [2.45, 2.75) is 19.8 Å².